The summed E-state index contributed by atoms with van der Waals surface area (Å²) in [5.41, 5.74) is 0.357. The number of hydrogen-bond acceptors (Lipinski definition) is 7. The topological polar surface area (TPSA) is 72.4 Å². The highest BCUT2D eigenvalue weighted by Gasteiger charge is 2.43. The first-order valence-electron chi connectivity index (χ1n) is 10.5. The second-order valence-electron chi connectivity index (χ2n) is 7.28. The lowest BCUT2D eigenvalue weighted by Gasteiger charge is -2.36. The number of nitrogens with one attached hydrogen (secondary N) is 1. The van der Waals surface area contributed by atoms with E-state index < -0.39 is 11.6 Å². The highest BCUT2D eigenvalue weighted by molar-refractivity contribution is 5.97. The van der Waals surface area contributed by atoms with Crippen LogP contribution in [0.3, 0.4) is 0 Å². The van der Waals surface area contributed by atoms with Crippen LogP contribution in [-0.4, -0.2) is 49.6 Å². The summed E-state index contributed by atoms with van der Waals surface area (Å²) in [4.78, 5) is 20.1. The molecule has 0 spiro atoms. The van der Waals surface area contributed by atoms with Crippen molar-refractivity contribution in [3.05, 3.63) is 78.0 Å². The van der Waals surface area contributed by atoms with E-state index in [1.54, 1.807) is 13.1 Å². The number of carbonyl (C=O) groups is 1. The Morgan fingerprint density at radius 1 is 1.16 bits per heavy atom. The first-order valence-corrected chi connectivity index (χ1v) is 10.5. The zero-order valence-corrected chi connectivity index (χ0v) is 17.6. The predicted octanol–water partition coefficient (Wildman–Crippen LogP) is 2.83. The number of benzene rings is 2. The molecule has 2 aliphatic rings. The average Bonchev–Trinajstić information content (AvgIpc) is 2.84. The van der Waals surface area contributed by atoms with Gasteiger partial charge in [0.05, 0.1) is 19.8 Å². The largest absolute Gasteiger partial charge is 0.489 e. The zero-order valence-electron chi connectivity index (χ0n) is 17.6. The molecule has 0 amide bonds. The molecule has 4 rings (SSSR count). The lowest BCUT2D eigenvalue weighted by Crippen LogP contribution is -2.51. The Morgan fingerprint density at radius 2 is 1.97 bits per heavy atom. The fourth-order valence-corrected chi connectivity index (χ4v) is 3.60. The van der Waals surface area contributed by atoms with Crippen LogP contribution in [0.1, 0.15) is 18.1 Å². The van der Waals surface area contributed by atoms with E-state index in [2.05, 4.69) is 10.2 Å². The lowest BCUT2D eigenvalue weighted by atomic mass is 9.98. The van der Waals surface area contributed by atoms with Gasteiger partial charge < -0.3 is 24.4 Å². The van der Waals surface area contributed by atoms with Crippen LogP contribution in [0, 0.1) is 0 Å². The molecule has 1 N–H and O–H groups in total. The Labute approximate surface area is 182 Å². The van der Waals surface area contributed by atoms with Crippen molar-refractivity contribution in [1.82, 2.24) is 10.2 Å². The summed E-state index contributed by atoms with van der Waals surface area (Å²) >= 11 is 0. The van der Waals surface area contributed by atoms with Crippen molar-refractivity contribution in [3.8, 4) is 5.75 Å². The minimum Gasteiger partial charge on any atom is -0.489 e. The van der Waals surface area contributed by atoms with Crippen LogP contribution in [0.5, 0.6) is 5.75 Å². The number of rotatable bonds is 6. The van der Waals surface area contributed by atoms with Crippen molar-refractivity contribution in [2.75, 3.05) is 32.9 Å². The van der Waals surface area contributed by atoms with E-state index in [0.29, 0.717) is 31.1 Å². The maximum atomic E-state index is 13.1. The second-order valence-corrected chi connectivity index (χ2v) is 7.28. The molecule has 0 aromatic heterocycles. The van der Waals surface area contributed by atoms with Gasteiger partial charge in [-0.25, -0.2) is 9.79 Å². The molecule has 1 saturated heterocycles. The van der Waals surface area contributed by atoms with Gasteiger partial charge in [0, 0.05) is 24.9 Å². The molecule has 0 aliphatic carbocycles. The number of hydrogen-bond donors (Lipinski definition) is 1. The van der Waals surface area contributed by atoms with Gasteiger partial charge in [-0.3, -0.25) is 0 Å². The molecular weight excluding hydrogens is 394 g/mol. The highest BCUT2D eigenvalue weighted by atomic mass is 16.5. The van der Waals surface area contributed by atoms with Gasteiger partial charge in [0.25, 0.3) is 5.66 Å². The van der Waals surface area contributed by atoms with Crippen LogP contribution >= 0.6 is 0 Å². The Bertz CT molecular complexity index is 954. The Kier molecular flexibility index (Phi) is 6.52. The van der Waals surface area contributed by atoms with Gasteiger partial charge in [-0.15, -0.1) is 0 Å². The van der Waals surface area contributed by atoms with Crippen LogP contribution < -0.4 is 10.1 Å². The molecule has 2 aromatic rings. The van der Waals surface area contributed by atoms with E-state index in [0.717, 1.165) is 24.5 Å². The number of carbonyl (C=O) groups excluding carboxylic acids is 1. The summed E-state index contributed by atoms with van der Waals surface area (Å²) in [5.74, 6) is 0.931. The van der Waals surface area contributed by atoms with E-state index >= 15 is 0 Å². The number of morpholine rings is 1. The highest BCUT2D eigenvalue weighted by Crippen LogP contribution is 2.31. The van der Waals surface area contributed by atoms with Crippen molar-refractivity contribution >= 4 is 11.8 Å². The van der Waals surface area contributed by atoms with Crippen LogP contribution in [0.25, 0.3) is 0 Å². The molecule has 7 nitrogen and oxygen atoms in total. The monoisotopic (exact) mass is 421 g/mol. The van der Waals surface area contributed by atoms with Crippen LogP contribution in [-0.2, 0) is 26.5 Å². The number of amidine groups is 1. The minimum absolute atomic E-state index is 0.262. The van der Waals surface area contributed by atoms with E-state index in [1.165, 1.54) is 0 Å². The number of nitrogens with zero attached hydrogens (tertiary/aromatic N) is 2. The van der Waals surface area contributed by atoms with Crippen LogP contribution in [0.4, 0.5) is 0 Å². The Hall–Kier alpha value is -3.32. The van der Waals surface area contributed by atoms with Gasteiger partial charge in [0.15, 0.2) is 0 Å². The Morgan fingerprint density at radius 3 is 2.74 bits per heavy atom. The molecule has 7 heteroatoms. The molecule has 0 radical (unpaired) electrons. The Balaban J connectivity index is 1.64. The molecule has 31 heavy (non-hydrogen) atoms. The quantitative estimate of drug-likeness (QED) is 0.724. The third kappa shape index (κ3) is 4.72. The van der Waals surface area contributed by atoms with E-state index in [-0.39, 0.29) is 6.61 Å². The standard InChI is InChI=1S/C24H27N3O4/c1-2-30-23(28)24(25-12-11-22(26-24)27-13-15-29-16-14-27)20-9-6-10-21(17-20)31-18-19-7-4-3-5-8-19/h3-12,17,25H,2,13-16,18H2,1H3. The average molecular weight is 421 g/mol. The molecule has 1 atom stereocenters. The second kappa shape index (κ2) is 9.66. The summed E-state index contributed by atoms with van der Waals surface area (Å²) in [6.45, 7) is 5.21. The van der Waals surface area contributed by atoms with E-state index in [1.807, 2.05) is 60.7 Å². The molecule has 0 saturated carbocycles. The lowest BCUT2D eigenvalue weighted by molar-refractivity contribution is -0.151. The molecular formula is C24H27N3O4. The summed E-state index contributed by atoms with van der Waals surface area (Å²) in [5, 5.41) is 3.15. The molecule has 0 bridgehead atoms. The number of esters is 1. The molecule has 2 heterocycles. The maximum Gasteiger partial charge on any atom is 0.359 e. The molecule has 162 valence electrons. The van der Waals surface area contributed by atoms with Gasteiger partial charge in [-0.05, 0) is 30.7 Å². The summed E-state index contributed by atoms with van der Waals surface area (Å²) in [6.07, 6.45) is 3.63. The number of ether oxygens (including phenoxy) is 3. The predicted molar refractivity (Wildman–Crippen MR) is 118 cm³/mol. The summed E-state index contributed by atoms with van der Waals surface area (Å²) in [6, 6.07) is 17.4. The zero-order chi connectivity index (χ0) is 21.5. The van der Waals surface area contributed by atoms with Crippen molar-refractivity contribution in [2.24, 2.45) is 4.99 Å². The van der Waals surface area contributed by atoms with Gasteiger partial charge in [-0.2, -0.15) is 0 Å². The maximum absolute atomic E-state index is 13.1. The van der Waals surface area contributed by atoms with Gasteiger partial charge in [0.1, 0.15) is 18.2 Å². The van der Waals surface area contributed by atoms with E-state index in [4.69, 9.17) is 19.2 Å². The van der Waals surface area contributed by atoms with Crippen LogP contribution in [0.15, 0.2) is 71.9 Å². The van der Waals surface area contributed by atoms with Crippen molar-refractivity contribution in [2.45, 2.75) is 19.2 Å². The van der Waals surface area contributed by atoms with Crippen LogP contribution in [0.2, 0.25) is 0 Å². The third-order valence-electron chi connectivity index (χ3n) is 5.21. The molecule has 2 aromatic carbocycles. The first-order chi connectivity index (χ1) is 15.2. The molecule has 2 aliphatic heterocycles. The fraction of sp³-hybridized carbons (Fsp3) is 0.333. The molecule has 1 fully saturated rings. The minimum atomic E-state index is -1.37. The van der Waals surface area contributed by atoms with Gasteiger partial charge in [0.2, 0.25) is 0 Å². The van der Waals surface area contributed by atoms with Gasteiger partial charge in [-0.1, -0.05) is 42.5 Å². The van der Waals surface area contributed by atoms with Crippen molar-refractivity contribution in [3.63, 3.8) is 0 Å². The normalized spacial score (nSPS) is 20.5. The summed E-state index contributed by atoms with van der Waals surface area (Å²) in [7, 11) is 0. The fourth-order valence-electron chi connectivity index (χ4n) is 3.60. The summed E-state index contributed by atoms with van der Waals surface area (Å²) < 4.78 is 16.8. The van der Waals surface area contributed by atoms with Crippen molar-refractivity contribution in [1.29, 1.82) is 0 Å². The first kappa shape index (κ1) is 20.9. The SMILES string of the molecule is CCOC(=O)C1(c2cccc(OCc3ccccc3)c2)N=C(N2CCOCC2)C=CN1. The van der Waals surface area contributed by atoms with Crippen molar-refractivity contribution < 1.29 is 19.0 Å². The van der Waals surface area contributed by atoms with E-state index in [9.17, 15) is 4.79 Å². The molecule has 1 unspecified atom stereocenters. The third-order valence-corrected chi connectivity index (χ3v) is 5.21. The number of aliphatic imine (C=N–C) groups is 1. The van der Waals surface area contributed by atoms with Gasteiger partial charge >= 0.3 is 5.97 Å². The smallest absolute Gasteiger partial charge is 0.359 e.